The molecule has 0 heterocycles. The summed E-state index contributed by atoms with van der Waals surface area (Å²) in [5.41, 5.74) is -0.121. The third-order valence-electron chi connectivity index (χ3n) is 2.12. The van der Waals surface area contributed by atoms with Gasteiger partial charge in [0.15, 0.2) is 0 Å². The van der Waals surface area contributed by atoms with Crippen LogP contribution in [0, 0.1) is 6.92 Å². The second-order valence-corrected chi connectivity index (χ2v) is 3.44. The predicted octanol–water partition coefficient (Wildman–Crippen LogP) is 2.07. The molecule has 0 saturated carbocycles. The average molecular weight is 233 g/mol. The normalized spacial score (nSPS) is 11.6. The third kappa shape index (κ3) is 3.45. The lowest BCUT2D eigenvalue weighted by Crippen LogP contribution is -2.34. The van der Waals surface area contributed by atoms with Gasteiger partial charge >= 0.3 is 6.98 Å². The first-order valence-corrected chi connectivity index (χ1v) is 4.87. The Morgan fingerprint density at radius 1 is 1.19 bits per heavy atom. The molecule has 1 rings (SSSR count). The first-order chi connectivity index (χ1) is 7.45. The summed E-state index contributed by atoms with van der Waals surface area (Å²) < 4.78 is 47.3. The van der Waals surface area contributed by atoms with Crippen molar-refractivity contribution in [3.63, 3.8) is 0 Å². The maximum absolute atomic E-state index is 12.4. The first-order valence-electron chi connectivity index (χ1n) is 4.87. The quantitative estimate of drug-likeness (QED) is 0.572. The summed E-state index contributed by atoms with van der Waals surface area (Å²) in [4.78, 5) is 0. The highest BCUT2D eigenvalue weighted by Crippen LogP contribution is 2.18. The molecule has 0 spiro atoms. The van der Waals surface area contributed by atoms with Gasteiger partial charge in [-0.1, -0.05) is 12.1 Å². The molecule has 0 amide bonds. The van der Waals surface area contributed by atoms with E-state index in [-0.39, 0.29) is 0 Å². The molecule has 0 aliphatic heterocycles. The van der Waals surface area contributed by atoms with Crippen LogP contribution in [-0.2, 0) is 4.74 Å². The SMILES string of the molecule is COCCOc1ccc([B-](F)(F)F)cc1C. The molecule has 1 aromatic rings. The van der Waals surface area contributed by atoms with E-state index in [1.54, 1.807) is 6.92 Å². The van der Waals surface area contributed by atoms with Gasteiger partial charge in [-0.05, 0) is 18.6 Å². The number of aryl methyl sites for hydroxylation is 1. The number of ether oxygens (including phenoxy) is 2. The van der Waals surface area contributed by atoms with Crippen molar-refractivity contribution in [2.45, 2.75) is 6.92 Å². The molecule has 2 nitrogen and oxygen atoms in total. The van der Waals surface area contributed by atoms with Crippen molar-refractivity contribution in [3.05, 3.63) is 23.8 Å². The van der Waals surface area contributed by atoms with Crippen LogP contribution < -0.4 is 10.2 Å². The van der Waals surface area contributed by atoms with Crippen LogP contribution in [0.3, 0.4) is 0 Å². The minimum absolute atomic E-state index is 0.327. The van der Waals surface area contributed by atoms with Crippen molar-refractivity contribution in [3.8, 4) is 5.75 Å². The summed E-state index contributed by atoms with van der Waals surface area (Å²) in [5, 5.41) is 0. The molecular formula is C10H13BF3O2-. The van der Waals surface area contributed by atoms with E-state index in [0.717, 1.165) is 12.1 Å². The van der Waals surface area contributed by atoms with Crippen LogP contribution in [0.25, 0.3) is 0 Å². The molecule has 0 radical (unpaired) electrons. The second kappa shape index (κ2) is 5.25. The van der Waals surface area contributed by atoms with Crippen LogP contribution >= 0.6 is 0 Å². The van der Waals surface area contributed by atoms with Gasteiger partial charge in [0.1, 0.15) is 12.4 Å². The Labute approximate surface area is 92.4 Å². The number of hydrogen-bond acceptors (Lipinski definition) is 2. The lowest BCUT2D eigenvalue weighted by molar-refractivity contribution is 0.146. The van der Waals surface area contributed by atoms with Crippen molar-refractivity contribution in [2.75, 3.05) is 20.3 Å². The molecule has 1 aromatic carbocycles. The summed E-state index contributed by atoms with van der Waals surface area (Å²) in [5.74, 6) is 0.459. The maximum atomic E-state index is 12.4. The highest BCUT2D eigenvalue weighted by molar-refractivity contribution is 6.73. The molecule has 0 aromatic heterocycles. The van der Waals surface area contributed by atoms with Crippen LogP contribution in [0.15, 0.2) is 18.2 Å². The van der Waals surface area contributed by atoms with E-state index >= 15 is 0 Å². The van der Waals surface area contributed by atoms with E-state index in [4.69, 9.17) is 9.47 Å². The zero-order valence-electron chi connectivity index (χ0n) is 9.17. The number of halogens is 3. The fraction of sp³-hybridized carbons (Fsp3) is 0.400. The molecule has 0 aliphatic carbocycles. The van der Waals surface area contributed by atoms with Crippen LogP contribution in [0.5, 0.6) is 5.75 Å². The highest BCUT2D eigenvalue weighted by atomic mass is 19.4. The van der Waals surface area contributed by atoms with Crippen molar-refractivity contribution in [2.24, 2.45) is 0 Å². The summed E-state index contributed by atoms with van der Waals surface area (Å²) in [6, 6.07) is 3.48. The van der Waals surface area contributed by atoms with Crippen molar-refractivity contribution in [1.82, 2.24) is 0 Å². The van der Waals surface area contributed by atoms with Gasteiger partial charge in [0.25, 0.3) is 0 Å². The Balaban J connectivity index is 2.76. The Hall–Kier alpha value is -1.17. The fourth-order valence-corrected chi connectivity index (χ4v) is 1.27. The van der Waals surface area contributed by atoms with Crippen LogP contribution in [0.1, 0.15) is 5.56 Å². The number of methoxy groups -OCH3 is 1. The van der Waals surface area contributed by atoms with E-state index in [0.29, 0.717) is 24.5 Å². The van der Waals surface area contributed by atoms with Gasteiger partial charge in [0.2, 0.25) is 0 Å². The standard InChI is InChI=1S/C10H13BF3O2/c1-8-7-9(11(12,13)14)3-4-10(8)16-6-5-15-2/h3-4,7H,5-6H2,1-2H3/q-1. The molecule has 0 bridgehead atoms. The number of hydrogen-bond donors (Lipinski definition) is 0. The molecule has 16 heavy (non-hydrogen) atoms. The summed E-state index contributed by atoms with van der Waals surface area (Å²) in [7, 11) is 1.53. The zero-order valence-corrected chi connectivity index (χ0v) is 9.17. The molecule has 0 N–H and O–H groups in total. The van der Waals surface area contributed by atoms with E-state index < -0.39 is 12.4 Å². The minimum atomic E-state index is -4.94. The fourth-order valence-electron chi connectivity index (χ4n) is 1.27. The summed E-state index contributed by atoms with van der Waals surface area (Å²) in [6.45, 7) is -2.61. The lowest BCUT2D eigenvalue weighted by atomic mass is 9.79. The van der Waals surface area contributed by atoms with E-state index in [2.05, 4.69) is 0 Å². The number of rotatable bonds is 5. The Morgan fingerprint density at radius 3 is 2.38 bits per heavy atom. The second-order valence-electron chi connectivity index (χ2n) is 3.44. The molecule has 0 unspecified atom stereocenters. The average Bonchev–Trinajstić information content (AvgIpc) is 2.19. The van der Waals surface area contributed by atoms with Crippen LogP contribution in [0.2, 0.25) is 0 Å². The highest BCUT2D eigenvalue weighted by Gasteiger charge is 2.25. The van der Waals surface area contributed by atoms with Gasteiger partial charge in [-0.3, -0.25) is 0 Å². The summed E-state index contributed by atoms with van der Waals surface area (Å²) >= 11 is 0. The topological polar surface area (TPSA) is 18.5 Å². The number of benzene rings is 1. The molecule has 90 valence electrons. The van der Waals surface area contributed by atoms with Crippen LogP contribution in [-0.4, -0.2) is 27.3 Å². The molecule has 0 saturated heterocycles. The minimum Gasteiger partial charge on any atom is -0.491 e. The monoisotopic (exact) mass is 233 g/mol. The van der Waals surface area contributed by atoms with Gasteiger partial charge in [0.05, 0.1) is 6.61 Å². The van der Waals surface area contributed by atoms with Gasteiger partial charge in [-0.25, -0.2) is 0 Å². The Morgan fingerprint density at radius 2 is 1.88 bits per heavy atom. The van der Waals surface area contributed by atoms with Gasteiger partial charge < -0.3 is 22.4 Å². The maximum Gasteiger partial charge on any atom is 0.509 e. The lowest BCUT2D eigenvalue weighted by Gasteiger charge is -2.17. The largest absolute Gasteiger partial charge is 0.509 e. The molecule has 0 aliphatic rings. The van der Waals surface area contributed by atoms with Crippen molar-refractivity contribution < 1.29 is 22.4 Å². The summed E-state index contributed by atoms with van der Waals surface area (Å²) in [6.07, 6.45) is 0. The molecule has 0 fully saturated rings. The first kappa shape index (κ1) is 12.9. The predicted molar refractivity (Wildman–Crippen MR) is 57.3 cm³/mol. The van der Waals surface area contributed by atoms with Gasteiger partial charge in [-0.15, -0.1) is 5.46 Å². The van der Waals surface area contributed by atoms with E-state index in [1.165, 1.54) is 13.2 Å². The van der Waals surface area contributed by atoms with Gasteiger partial charge in [0, 0.05) is 7.11 Å². The third-order valence-corrected chi connectivity index (χ3v) is 2.12. The van der Waals surface area contributed by atoms with Crippen molar-refractivity contribution >= 4 is 12.4 Å². The Bertz CT molecular complexity index is 352. The van der Waals surface area contributed by atoms with Crippen molar-refractivity contribution in [1.29, 1.82) is 0 Å². The van der Waals surface area contributed by atoms with Gasteiger partial charge in [-0.2, -0.15) is 0 Å². The Kier molecular flexibility index (Phi) is 4.23. The van der Waals surface area contributed by atoms with E-state index in [1.807, 2.05) is 0 Å². The molecule has 6 heteroatoms. The van der Waals surface area contributed by atoms with E-state index in [9.17, 15) is 12.9 Å². The molecular weight excluding hydrogens is 220 g/mol. The molecule has 0 atom stereocenters. The zero-order chi connectivity index (χ0) is 12.2. The smallest absolute Gasteiger partial charge is 0.491 e. The van der Waals surface area contributed by atoms with Crippen LogP contribution in [0.4, 0.5) is 12.9 Å².